The van der Waals surface area contributed by atoms with Gasteiger partial charge in [-0.1, -0.05) is 0 Å². The van der Waals surface area contributed by atoms with Gasteiger partial charge < -0.3 is 4.90 Å². The van der Waals surface area contributed by atoms with Crippen molar-refractivity contribution in [2.24, 2.45) is 0 Å². The van der Waals surface area contributed by atoms with Gasteiger partial charge in [-0.15, -0.1) is 0 Å². The van der Waals surface area contributed by atoms with E-state index in [2.05, 4.69) is 37.7 Å². The van der Waals surface area contributed by atoms with Crippen LogP contribution in [0.3, 0.4) is 0 Å². The highest BCUT2D eigenvalue weighted by molar-refractivity contribution is 14.1. The van der Waals surface area contributed by atoms with Crippen molar-refractivity contribution in [2.75, 3.05) is 14.1 Å². The molecule has 0 N–H and O–H groups in total. The summed E-state index contributed by atoms with van der Waals surface area (Å²) in [4.78, 5) is 21.4. The first-order valence-corrected chi connectivity index (χ1v) is 5.91. The molecule has 2 aromatic heterocycles. The predicted molar refractivity (Wildman–Crippen MR) is 69.9 cm³/mol. The largest absolute Gasteiger partial charge is 0.343 e. The molecule has 0 saturated carbocycles. The minimum Gasteiger partial charge on any atom is -0.343 e. The second-order valence-corrected chi connectivity index (χ2v) is 4.79. The van der Waals surface area contributed by atoms with Gasteiger partial charge in [-0.25, -0.2) is 14.6 Å². The number of carbonyl (C=O) groups excluding carboxylic acids is 1. The molecule has 88 valence electrons. The van der Waals surface area contributed by atoms with Gasteiger partial charge in [-0.05, 0) is 28.7 Å². The smallest absolute Gasteiger partial charge is 0.273 e. The molecular formula is C10H10IN5O. The molecule has 1 amide bonds. The van der Waals surface area contributed by atoms with E-state index in [0.717, 1.165) is 3.57 Å². The van der Waals surface area contributed by atoms with Crippen molar-refractivity contribution in [3.05, 3.63) is 33.9 Å². The van der Waals surface area contributed by atoms with Crippen molar-refractivity contribution < 1.29 is 4.79 Å². The summed E-state index contributed by atoms with van der Waals surface area (Å²) < 4.78 is 2.43. The maximum Gasteiger partial charge on any atom is 0.273 e. The molecule has 0 aliphatic heterocycles. The Morgan fingerprint density at radius 1 is 1.35 bits per heavy atom. The van der Waals surface area contributed by atoms with Gasteiger partial charge in [0.05, 0.1) is 0 Å². The zero-order valence-electron chi connectivity index (χ0n) is 9.33. The van der Waals surface area contributed by atoms with Crippen molar-refractivity contribution in [3.63, 3.8) is 0 Å². The molecule has 0 radical (unpaired) electrons. The quantitative estimate of drug-likeness (QED) is 0.763. The first-order valence-electron chi connectivity index (χ1n) is 4.83. The van der Waals surface area contributed by atoms with Crippen LogP contribution in [-0.2, 0) is 0 Å². The topological polar surface area (TPSA) is 63.9 Å². The molecule has 7 heteroatoms. The molecule has 0 spiro atoms. The maximum atomic E-state index is 11.7. The van der Waals surface area contributed by atoms with Gasteiger partial charge in [0.2, 0.25) is 0 Å². The van der Waals surface area contributed by atoms with Gasteiger partial charge in [0.15, 0.2) is 5.69 Å². The van der Waals surface area contributed by atoms with Crippen molar-refractivity contribution in [1.82, 2.24) is 24.6 Å². The minimum absolute atomic E-state index is 0.144. The molecule has 0 saturated heterocycles. The number of nitrogens with zero attached hydrogens (tertiary/aromatic N) is 5. The molecule has 2 heterocycles. The van der Waals surface area contributed by atoms with E-state index in [-0.39, 0.29) is 5.91 Å². The third-order valence-electron chi connectivity index (χ3n) is 2.03. The summed E-state index contributed by atoms with van der Waals surface area (Å²) >= 11 is 2.12. The van der Waals surface area contributed by atoms with Crippen molar-refractivity contribution in [2.45, 2.75) is 0 Å². The monoisotopic (exact) mass is 343 g/mol. The lowest BCUT2D eigenvalue weighted by Gasteiger charge is -2.06. The number of rotatable bonds is 2. The van der Waals surface area contributed by atoms with E-state index >= 15 is 0 Å². The normalized spacial score (nSPS) is 10.3. The molecule has 0 aromatic carbocycles. The minimum atomic E-state index is -0.144. The van der Waals surface area contributed by atoms with Gasteiger partial charge in [0, 0.05) is 36.3 Å². The fourth-order valence-corrected chi connectivity index (χ4v) is 1.48. The maximum absolute atomic E-state index is 11.7. The number of hydrogen-bond acceptors (Lipinski definition) is 4. The van der Waals surface area contributed by atoms with Crippen molar-refractivity contribution >= 4 is 28.5 Å². The molecule has 0 aliphatic carbocycles. The van der Waals surface area contributed by atoms with Crippen LogP contribution in [0.5, 0.6) is 0 Å². The van der Waals surface area contributed by atoms with E-state index in [0.29, 0.717) is 11.6 Å². The molecular weight excluding hydrogens is 333 g/mol. The van der Waals surface area contributed by atoms with Crippen molar-refractivity contribution in [3.8, 4) is 5.95 Å². The molecule has 0 bridgehead atoms. The fraction of sp³-hybridized carbons (Fsp3) is 0.200. The highest BCUT2D eigenvalue weighted by Gasteiger charge is 2.12. The zero-order chi connectivity index (χ0) is 12.4. The van der Waals surface area contributed by atoms with Gasteiger partial charge in [-0.2, -0.15) is 5.10 Å². The number of halogens is 1. The summed E-state index contributed by atoms with van der Waals surface area (Å²) in [6.07, 6.45) is 5.05. The Kier molecular flexibility index (Phi) is 3.36. The highest BCUT2D eigenvalue weighted by atomic mass is 127. The highest BCUT2D eigenvalue weighted by Crippen LogP contribution is 2.05. The zero-order valence-corrected chi connectivity index (χ0v) is 11.5. The van der Waals surface area contributed by atoms with Crippen LogP contribution >= 0.6 is 22.6 Å². The second-order valence-electron chi connectivity index (χ2n) is 3.55. The lowest BCUT2D eigenvalue weighted by molar-refractivity contribution is 0.0821. The van der Waals surface area contributed by atoms with Crippen LogP contribution in [-0.4, -0.2) is 44.7 Å². The summed E-state index contributed by atoms with van der Waals surface area (Å²) in [7, 11) is 3.37. The molecule has 0 unspecified atom stereocenters. The lowest BCUT2D eigenvalue weighted by atomic mass is 10.4. The average molecular weight is 343 g/mol. The van der Waals surface area contributed by atoms with Gasteiger partial charge in [0.25, 0.3) is 11.9 Å². The summed E-state index contributed by atoms with van der Waals surface area (Å²) in [6, 6.07) is 1.64. The van der Waals surface area contributed by atoms with Crippen LogP contribution in [0.1, 0.15) is 10.5 Å². The van der Waals surface area contributed by atoms with E-state index in [1.807, 2.05) is 0 Å². The van der Waals surface area contributed by atoms with Crippen LogP contribution < -0.4 is 0 Å². The van der Waals surface area contributed by atoms with Crippen LogP contribution in [0.2, 0.25) is 0 Å². The van der Waals surface area contributed by atoms with Crippen LogP contribution in [0.15, 0.2) is 24.7 Å². The molecule has 0 fully saturated rings. The first-order chi connectivity index (χ1) is 8.08. The van der Waals surface area contributed by atoms with Crippen LogP contribution in [0, 0.1) is 3.57 Å². The molecule has 0 atom stereocenters. The third-order valence-corrected chi connectivity index (χ3v) is 2.58. The Morgan fingerprint density at radius 2 is 2.00 bits per heavy atom. The standard InChI is InChI=1S/C10H10IN5O/c1-15(2)9(17)8-3-4-16(14-8)10-12-5-7(11)6-13-10/h3-6H,1-2H3. The molecule has 0 aliphatic rings. The Labute approximate surface area is 112 Å². The Balaban J connectivity index is 2.30. The van der Waals surface area contributed by atoms with Gasteiger partial charge >= 0.3 is 0 Å². The predicted octanol–water partition coefficient (Wildman–Crippen LogP) is 0.969. The number of carbonyl (C=O) groups is 1. The van der Waals surface area contributed by atoms with E-state index in [1.54, 1.807) is 38.8 Å². The van der Waals surface area contributed by atoms with Crippen molar-refractivity contribution in [1.29, 1.82) is 0 Å². The van der Waals surface area contributed by atoms with Crippen LogP contribution in [0.4, 0.5) is 0 Å². The summed E-state index contributed by atoms with van der Waals surface area (Å²) in [6.45, 7) is 0. The summed E-state index contributed by atoms with van der Waals surface area (Å²) in [5.41, 5.74) is 0.372. The fourth-order valence-electron chi connectivity index (χ4n) is 1.20. The molecule has 2 rings (SSSR count). The van der Waals surface area contributed by atoms with Gasteiger partial charge in [0.1, 0.15) is 0 Å². The molecule has 17 heavy (non-hydrogen) atoms. The Bertz CT molecular complexity index is 534. The number of amides is 1. The average Bonchev–Trinajstić information content (AvgIpc) is 2.78. The first kappa shape index (κ1) is 12.0. The molecule has 2 aromatic rings. The second kappa shape index (κ2) is 4.78. The van der Waals surface area contributed by atoms with E-state index in [4.69, 9.17) is 0 Å². The van der Waals surface area contributed by atoms with E-state index in [9.17, 15) is 4.79 Å². The Hall–Kier alpha value is -1.51. The van der Waals surface area contributed by atoms with E-state index < -0.39 is 0 Å². The lowest BCUT2D eigenvalue weighted by Crippen LogP contribution is -2.22. The molecule has 6 nitrogen and oxygen atoms in total. The SMILES string of the molecule is CN(C)C(=O)c1ccn(-c2ncc(I)cn2)n1. The number of hydrogen-bond donors (Lipinski definition) is 0. The Morgan fingerprint density at radius 3 is 2.59 bits per heavy atom. The summed E-state index contributed by atoms with van der Waals surface area (Å²) in [5.74, 6) is 0.303. The third kappa shape index (κ3) is 2.60. The summed E-state index contributed by atoms with van der Waals surface area (Å²) in [5, 5.41) is 4.13. The van der Waals surface area contributed by atoms with Crippen LogP contribution in [0.25, 0.3) is 5.95 Å². The van der Waals surface area contributed by atoms with E-state index in [1.165, 1.54) is 9.58 Å². The number of aromatic nitrogens is 4. The van der Waals surface area contributed by atoms with Gasteiger partial charge in [-0.3, -0.25) is 4.79 Å².